The van der Waals surface area contributed by atoms with Gasteiger partial charge in [-0.15, -0.1) is 0 Å². The number of carbonyl (C=O) groups is 1. The topological polar surface area (TPSA) is 68.5 Å². The molecule has 6 nitrogen and oxygen atoms in total. The minimum Gasteiger partial charge on any atom is -0.497 e. The molecule has 0 aliphatic heterocycles. The van der Waals surface area contributed by atoms with Crippen molar-refractivity contribution in [1.29, 1.82) is 0 Å². The second-order valence-corrected chi connectivity index (χ2v) is 7.54. The largest absolute Gasteiger partial charge is 0.497 e. The Morgan fingerprint density at radius 1 is 1.26 bits per heavy atom. The number of nitrogens with zero attached hydrogens (tertiary/aromatic N) is 3. The summed E-state index contributed by atoms with van der Waals surface area (Å²) in [6.45, 7) is 4.40. The van der Waals surface area contributed by atoms with Gasteiger partial charge in [-0.05, 0) is 50.5 Å². The molecule has 0 unspecified atom stereocenters. The molecule has 146 valence electrons. The quantitative estimate of drug-likeness (QED) is 0.685. The second kappa shape index (κ2) is 9.02. The summed E-state index contributed by atoms with van der Waals surface area (Å²) < 4.78 is 10.6. The van der Waals surface area contributed by atoms with Gasteiger partial charge in [0.05, 0.1) is 7.11 Å². The van der Waals surface area contributed by atoms with Crippen molar-refractivity contribution in [3.63, 3.8) is 0 Å². The molecule has 1 saturated carbocycles. The van der Waals surface area contributed by atoms with E-state index in [4.69, 9.17) is 9.26 Å². The fourth-order valence-corrected chi connectivity index (χ4v) is 3.65. The molecule has 2 aromatic rings. The number of hydrogen-bond acceptors (Lipinski definition) is 5. The van der Waals surface area contributed by atoms with E-state index in [1.807, 2.05) is 43.0 Å². The van der Waals surface area contributed by atoms with Gasteiger partial charge in [-0.3, -0.25) is 4.79 Å². The van der Waals surface area contributed by atoms with E-state index in [2.05, 4.69) is 10.1 Å². The first kappa shape index (κ1) is 19.4. The third-order valence-electron chi connectivity index (χ3n) is 5.31. The molecule has 0 bridgehead atoms. The number of ether oxygens (including phenoxy) is 1. The van der Waals surface area contributed by atoms with Gasteiger partial charge in [-0.25, -0.2) is 0 Å². The van der Waals surface area contributed by atoms with Gasteiger partial charge in [0.1, 0.15) is 12.3 Å². The summed E-state index contributed by atoms with van der Waals surface area (Å²) in [6, 6.07) is 7.59. The molecule has 6 heteroatoms. The van der Waals surface area contributed by atoms with E-state index in [0.29, 0.717) is 30.6 Å². The fourth-order valence-electron chi connectivity index (χ4n) is 3.65. The highest BCUT2D eigenvalue weighted by atomic mass is 16.5. The normalized spacial score (nSPS) is 14.7. The SMILES string of the molecule is COc1ccc(-c2noc(CN(C(=O)CCC3CCCC3)C(C)C)n2)cc1. The number of benzene rings is 1. The number of aromatic nitrogens is 2. The highest BCUT2D eigenvalue weighted by Gasteiger charge is 2.23. The lowest BCUT2D eigenvalue weighted by Gasteiger charge is -2.25. The number of carbonyl (C=O) groups excluding carboxylic acids is 1. The van der Waals surface area contributed by atoms with Crippen molar-refractivity contribution in [3.05, 3.63) is 30.2 Å². The van der Waals surface area contributed by atoms with Crippen LogP contribution in [0.3, 0.4) is 0 Å². The minimum absolute atomic E-state index is 0.0948. The van der Waals surface area contributed by atoms with Gasteiger partial charge in [0.15, 0.2) is 0 Å². The molecular formula is C21H29N3O3. The van der Waals surface area contributed by atoms with Crippen LogP contribution in [0.4, 0.5) is 0 Å². The zero-order chi connectivity index (χ0) is 19.2. The van der Waals surface area contributed by atoms with Crippen LogP contribution in [0.25, 0.3) is 11.4 Å². The Morgan fingerprint density at radius 3 is 2.59 bits per heavy atom. The van der Waals surface area contributed by atoms with E-state index in [-0.39, 0.29) is 11.9 Å². The zero-order valence-corrected chi connectivity index (χ0v) is 16.5. The molecule has 0 radical (unpaired) electrons. The number of hydrogen-bond donors (Lipinski definition) is 0. The monoisotopic (exact) mass is 371 g/mol. The Morgan fingerprint density at radius 2 is 1.96 bits per heavy atom. The summed E-state index contributed by atoms with van der Waals surface area (Å²) in [5.41, 5.74) is 0.856. The highest BCUT2D eigenvalue weighted by Crippen LogP contribution is 2.29. The third kappa shape index (κ3) is 5.08. The van der Waals surface area contributed by atoms with Gasteiger partial charge in [0, 0.05) is 18.0 Å². The van der Waals surface area contributed by atoms with E-state index < -0.39 is 0 Å². The third-order valence-corrected chi connectivity index (χ3v) is 5.31. The van der Waals surface area contributed by atoms with Crippen LogP contribution in [0, 0.1) is 5.92 Å². The van der Waals surface area contributed by atoms with Crippen molar-refractivity contribution in [2.75, 3.05) is 7.11 Å². The summed E-state index contributed by atoms with van der Waals surface area (Å²) >= 11 is 0. The lowest BCUT2D eigenvalue weighted by molar-refractivity contribution is -0.134. The van der Waals surface area contributed by atoms with Crippen molar-refractivity contribution in [2.45, 2.75) is 65.0 Å². The maximum Gasteiger partial charge on any atom is 0.246 e. The lowest BCUT2D eigenvalue weighted by atomic mass is 10.0. The van der Waals surface area contributed by atoms with Gasteiger partial charge in [0.2, 0.25) is 17.6 Å². The molecule has 3 rings (SSSR count). The Labute approximate surface area is 160 Å². The summed E-state index contributed by atoms with van der Waals surface area (Å²) in [5.74, 6) is 2.65. The average molecular weight is 371 g/mol. The number of methoxy groups -OCH3 is 1. The molecule has 1 heterocycles. The summed E-state index contributed by atoms with van der Waals surface area (Å²) in [6.07, 6.45) is 6.74. The van der Waals surface area contributed by atoms with Crippen LogP contribution in [0.15, 0.2) is 28.8 Å². The summed E-state index contributed by atoms with van der Waals surface area (Å²) in [4.78, 5) is 19.0. The smallest absolute Gasteiger partial charge is 0.246 e. The predicted octanol–water partition coefficient (Wildman–Crippen LogP) is 4.45. The number of rotatable bonds is 8. The van der Waals surface area contributed by atoms with Crippen molar-refractivity contribution >= 4 is 5.91 Å². The van der Waals surface area contributed by atoms with Gasteiger partial charge >= 0.3 is 0 Å². The van der Waals surface area contributed by atoms with Crippen molar-refractivity contribution in [3.8, 4) is 17.1 Å². The molecule has 1 aliphatic carbocycles. The molecule has 0 atom stereocenters. The van der Waals surface area contributed by atoms with Gasteiger partial charge in [-0.1, -0.05) is 30.8 Å². The lowest BCUT2D eigenvalue weighted by Crippen LogP contribution is -2.36. The summed E-state index contributed by atoms with van der Waals surface area (Å²) in [7, 11) is 1.63. The maximum atomic E-state index is 12.7. The van der Waals surface area contributed by atoms with Crippen LogP contribution in [-0.4, -0.2) is 34.1 Å². The van der Waals surface area contributed by atoms with E-state index in [1.165, 1.54) is 25.7 Å². The number of amides is 1. The zero-order valence-electron chi connectivity index (χ0n) is 16.5. The van der Waals surface area contributed by atoms with Crippen molar-refractivity contribution in [1.82, 2.24) is 15.0 Å². The van der Waals surface area contributed by atoms with Crippen LogP contribution in [0.2, 0.25) is 0 Å². The first-order valence-electron chi connectivity index (χ1n) is 9.83. The van der Waals surface area contributed by atoms with Crippen molar-refractivity contribution < 1.29 is 14.1 Å². The van der Waals surface area contributed by atoms with Crippen LogP contribution in [-0.2, 0) is 11.3 Å². The van der Waals surface area contributed by atoms with E-state index >= 15 is 0 Å². The van der Waals surface area contributed by atoms with Gasteiger partial charge in [0.25, 0.3) is 0 Å². The Kier molecular flexibility index (Phi) is 6.48. The molecular weight excluding hydrogens is 342 g/mol. The molecule has 27 heavy (non-hydrogen) atoms. The molecule has 1 amide bonds. The Bertz CT molecular complexity index is 733. The Balaban J connectivity index is 1.62. The molecule has 1 aromatic heterocycles. The van der Waals surface area contributed by atoms with Crippen LogP contribution >= 0.6 is 0 Å². The molecule has 1 aliphatic rings. The average Bonchev–Trinajstić information content (AvgIpc) is 3.36. The maximum absolute atomic E-state index is 12.7. The van der Waals surface area contributed by atoms with E-state index in [0.717, 1.165) is 17.7 Å². The standard InChI is InChI=1S/C21H29N3O3/c1-15(2)24(20(25)13-8-16-6-4-5-7-16)14-19-22-21(23-27-19)17-9-11-18(26-3)12-10-17/h9-12,15-16H,4-8,13-14H2,1-3H3. The predicted molar refractivity (Wildman–Crippen MR) is 103 cm³/mol. The first-order chi connectivity index (χ1) is 13.1. The van der Waals surface area contributed by atoms with E-state index in [1.54, 1.807) is 7.11 Å². The Hall–Kier alpha value is -2.37. The molecule has 1 aromatic carbocycles. The van der Waals surface area contributed by atoms with Crippen LogP contribution in [0.5, 0.6) is 5.75 Å². The molecule has 0 spiro atoms. The molecule has 0 N–H and O–H groups in total. The van der Waals surface area contributed by atoms with Crippen molar-refractivity contribution in [2.24, 2.45) is 5.92 Å². The van der Waals surface area contributed by atoms with Gasteiger partial charge < -0.3 is 14.2 Å². The first-order valence-corrected chi connectivity index (χ1v) is 9.83. The molecule has 1 fully saturated rings. The summed E-state index contributed by atoms with van der Waals surface area (Å²) in [5, 5.41) is 4.06. The fraction of sp³-hybridized carbons (Fsp3) is 0.571. The van der Waals surface area contributed by atoms with Gasteiger partial charge in [-0.2, -0.15) is 4.98 Å². The second-order valence-electron chi connectivity index (χ2n) is 7.54. The minimum atomic E-state index is 0.0948. The highest BCUT2D eigenvalue weighted by molar-refractivity contribution is 5.76. The molecule has 0 saturated heterocycles. The van der Waals surface area contributed by atoms with Crippen LogP contribution < -0.4 is 4.74 Å². The van der Waals surface area contributed by atoms with Crippen LogP contribution in [0.1, 0.15) is 58.3 Å². The van der Waals surface area contributed by atoms with E-state index in [9.17, 15) is 4.79 Å².